The van der Waals surface area contributed by atoms with E-state index in [-0.39, 0.29) is 11.8 Å². The van der Waals surface area contributed by atoms with Gasteiger partial charge in [-0.05, 0) is 37.8 Å². The molecule has 0 spiro atoms. The molecular weight excluding hydrogens is 310 g/mol. The second-order valence-electron chi connectivity index (χ2n) is 6.11. The van der Waals surface area contributed by atoms with Crippen LogP contribution in [0.2, 0.25) is 0 Å². The van der Waals surface area contributed by atoms with Crippen LogP contribution < -0.4 is 10.6 Å². The molecule has 5 nitrogen and oxygen atoms in total. The molecule has 4 rings (SSSR count). The van der Waals surface area contributed by atoms with E-state index in [0.29, 0.717) is 23.3 Å². The molecule has 23 heavy (non-hydrogen) atoms. The van der Waals surface area contributed by atoms with Crippen molar-refractivity contribution < 1.29 is 9.59 Å². The third kappa shape index (κ3) is 3.42. The normalized spacial score (nSPS) is 16.9. The van der Waals surface area contributed by atoms with E-state index in [9.17, 15) is 9.59 Å². The number of nitrogens with one attached hydrogen (secondary N) is 2. The number of hydrogen-bond donors (Lipinski definition) is 2. The van der Waals surface area contributed by atoms with Gasteiger partial charge in [0, 0.05) is 28.6 Å². The molecule has 2 fully saturated rings. The molecule has 2 aromatic rings. The summed E-state index contributed by atoms with van der Waals surface area (Å²) in [5, 5.41) is 8.47. The summed E-state index contributed by atoms with van der Waals surface area (Å²) in [5.74, 6) is -0.127. The van der Waals surface area contributed by atoms with Gasteiger partial charge in [-0.25, -0.2) is 4.98 Å². The Morgan fingerprint density at radius 3 is 2.17 bits per heavy atom. The van der Waals surface area contributed by atoms with Gasteiger partial charge in [0.05, 0.1) is 0 Å². The second kappa shape index (κ2) is 5.77. The second-order valence-corrected chi connectivity index (χ2v) is 6.97. The van der Waals surface area contributed by atoms with Crippen molar-refractivity contribution in [2.24, 2.45) is 0 Å². The minimum atomic E-state index is -0.101. The molecule has 2 saturated carbocycles. The molecule has 2 N–H and O–H groups in total. The largest absolute Gasteiger partial charge is 0.349 e. The maximum Gasteiger partial charge on any atom is 0.270 e. The van der Waals surface area contributed by atoms with Crippen molar-refractivity contribution >= 4 is 23.2 Å². The SMILES string of the molecule is O=C(NC1CC1)c1ccc(-c2nc(C(=O)NC3CC3)cs2)cc1. The summed E-state index contributed by atoms with van der Waals surface area (Å²) in [6, 6.07) is 8.05. The van der Waals surface area contributed by atoms with E-state index in [4.69, 9.17) is 0 Å². The summed E-state index contributed by atoms with van der Waals surface area (Å²) in [6.45, 7) is 0. The third-order valence-electron chi connectivity index (χ3n) is 3.96. The fraction of sp³-hybridized carbons (Fsp3) is 0.353. The van der Waals surface area contributed by atoms with Crippen molar-refractivity contribution in [2.45, 2.75) is 37.8 Å². The lowest BCUT2D eigenvalue weighted by molar-refractivity contribution is 0.0940. The van der Waals surface area contributed by atoms with Gasteiger partial charge in [0.25, 0.3) is 11.8 Å². The van der Waals surface area contributed by atoms with Gasteiger partial charge in [0.15, 0.2) is 0 Å². The first-order valence-corrected chi connectivity index (χ1v) is 8.75. The molecule has 0 atom stereocenters. The molecule has 0 unspecified atom stereocenters. The first kappa shape index (κ1) is 14.4. The Morgan fingerprint density at radius 2 is 1.57 bits per heavy atom. The summed E-state index contributed by atoms with van der Waals surface area (Å²) in [4.78, 5) is 28.3. The van der Waals surface area contributed by atoms with E-state index in [1.165, 1.54) is 11.3 Å². The molecule has 6 heteroatoms. The average Bonchev–Trinajstić information content (AvgIpc) is 3.49. The Balaban J connectivity index is 1.45. The van der Waals surface area contributed by atoms with Crippen molar-refractivity contribution in [1.82, 2.24) is 15.6 Å². The zero-order valence-electron chi connectivity index (χ0n) is 12.5. The molecule has 0 saturated heterocycles. The zero-order valence-corrected chi connectivity index (χ0v) is 13.4. The summed E-state index contributed by atoms with van der Waals surface area (Å²) in [6.07, 6.45) is 4.28. The van der Waals surface area contributed by atoms with Crippen LogP contribution in [0.5, 0.6) is 0 Å². The molecule has 2 aliphatic rings. The van der Waals surface area contributed by atoms with Crippen LogP contribution in [0.4, 0.5) is 0 Å². The number of carbonyl (C=O) groups excluding carboxylic acids is 2. The molecule has 118 valence electrons. The highest BCUT2D eigenvalue weighted by Gasteiger charge is 2.25. The minimum absolute atomic E-state index is 0.0253. The number of carbonyl (C=O) groups is 2. The van der Waals surface area contributed by atoms with E-state index in [2.05, 4.69) is 15.6 Å². The van der Waals surface area contributed by atoms with E-state index in [0.717, 1.165) is 36.3 Å². The van der Waals surface area contributed by atoms with Crippen LogP contribution in [0, 0.1) is 0 Å². The lowest BCUT2D eigenvalue weighted by Gasteiger charge is -2.03. The smallest absolute Gasteiger partial charge is 0.270 e. The predicted molar refractivity (Wildman–Crippen MR) is 88.5 cm³/mol. The number of aromatic nitrogens is 1. The number of amides is 2. The van der Waals surface area contributed by atoms with Crippen LogP contribution in [-0.2, 0) is 0 Å². The number of nitrogens with zero attached hydrogens (tertiary/aromatic N) is 1. The Bertz CT molecular complexity index is 745. The van der Waals surface area contributed by atoms with Crippen molar-refractivity contribution in [3.63, 3.8) is 0 Å². The quantitative estimate of drug-likeness (QED) is 0.887. The Kier molecular flexibility index (Phi) is 3.61. The summed E-state index contributed by atoms with van der Waals surface area (Å²) in [7, 11) is 0. The summed E-state index contributed by atoms with van der Waals surface area (Å²) in [5.41, 5.74) is 2.04. The Labute approximate surface area is 138 Å². The molecule has 1 aromatic carbocycles. The number of thiazole rings is 1. The molecule has 1 aromatic heterocycles. The van der Waals surface area contributed by atoms with Crippen molar-refractivity contribution in [3.05, 3.63) is 40.9 Å². The maximum atomic E-state index is 12.0. The van der Waals surface area contributed by atoms with Gasteiger partial charge in [0.2, 0.25) is 0 Å². The van der Waals surface area contributed by atoms with E-state index in [1.54, 1.807) is 17.5 Å². The minimum Gasteiger partial charge on any atom is -0.349 e. The van der Waals surface area contributed by atoms with E-state index >= 15 is 0 Å². The molecular formula is C17H17N3O2S. The average molecular weight is 327 g/mol. The van der Waals surface area contributed by atoms with Crippen LogP contribution in [0.25, 0.3) is 10.6 Å². The van der Waals surface area contributed by atoms with Crippen molar-refractivity contribution in [2.75, 3.05) is 0 Å². The van der Waals surface area contributed by atoms with Crippen molar-refractivity contribution in [3.8, 4) is 10.6 Å². The highest BCUT2D eigenvalue weighted by molar-refractivity contribution is 7.13. The van der Waals surface area contributed by atoms with E-state index in [1.807, 2.05) is 12.1 Å². The Hall–Kier alpha value is -2.21. The standard InChI is InChI=1S/C17H17N3O2S/c21-15(18-12-5-6-12)10-1-3-11(4-2-10)17-20-14(9-23-17)16(22)19-13-7-8-13/h1-4,9,12-13H,5-8H2,(H,18,21)(H,19,22). The topological polar surface area (TPSA) is 71.1 Å². The van der Waals surface area contributed by atoms with Crippen LogP contribution in [0.1, 0.15) is 46.5 Å². The monoisotopic (exact) mass is 327 g/mol. The van der Waals surface area contributed by atoms with Crippen LogP contribution in [0.15, 0.2) is 29.6 Å². The van der Waals surface area contributed by atoms with Crippen LogP contribution >= 0.6 is 11.3 Å². The first-order valence-electron chi connectivity index (χ1n) is 7.87. The fourth-order valence-electron chi connectivity index (χ4n) is 2.26. The molecule has 0 bridgehead atoms. The van der Waals surface area contributed by atoms with E-state index < -0.39 is 0 Å². The number of rotatable bonds is 5. The van der Waals surface area contributed by atoms with Gasteiger partial charge < -0.3 is 10.6 Å². The van der Waals surface area contributed by atoms with Gasteiger partial charge >= 0.3 is 0 Å². The van der Waals surface area contributed by atoms with Gasteiger partial charge in [-0.2, -0.15) is 0 Å². The Morgan fingerprint density at radius 1 is 0.957 bits per heavy atom. The lowest BCUT2D eigenvalue weighted by Crippen LogP contribution is -2.25. The highest BCUT2D eigenvalue weighted by Crippen LogP contribution is 2.25. The first-order chi connectivity index (χ1) is 11.2. The molecule has 0 aliphatic heterocycles. The fourth-order valence-corrected chi connectivity index (χ4v) is 3.06. The number of hydrogen-bond acceptors (Lipinski definition) is 4. The van der Waals surface area contributed by atoms with Gasteiger partial charge in [-0.1, -0.05) is 12.1 Å². The third-order valence-corrected chi connectivity index (χ3v) is 4.85. The van der Waals surface area contributed by atoms with Crippen LogP contribution in [-0.4, -0.2) is 28.9 Å². The highest BCUT2D eigenvalue weighted by atomic mass is 32.1. The summed E-state index contributed by atoms with van der Waals surface area (Å²) >= 11 is 1.44. The predicted octanol–water partition coefficient (Wildman–Crippen LogP) is 2.59. The molecule has 2 aliphatic carbocycles. The van der Waals surface area contributed by atoms with Gasteiger partial charge in [-0.15, -0.1) is 11.3 Å². The lowest BCUT2D eigenvalue weighted by atomic mass is 10.1. The molecule has 0 radical (unpaired) electrons. The maximum absolute atomic E-state index is 12.0. The molecule has 1 heterocycles. The molecule has 2 amide bonds. The van der Waals surface area contributed by atoms with Gasteiger partial charge in [-0.3, -0.25) is 9.59 Å². The van der Waals surface area contributed by atoms with Gasteiger partial charge in [0.1, 0.15) is 10.7 Å². The number of benzene rings is 1. The van der Waals surface area contributed by atoms with Crippen LogP contribution in [0.3, 0.4) is 0 Å². The zero-order chi connectivity index (χ0) is 15.8. The summed E-state index contributed by atoms with van der Waals surface area (Å²) < 4.78 is 0. The van der Waals surface area contributed by atoms with Crippen molar-refractivity contribution in [1.29, 1.82) is 0 Å².